The van der Waals surface area contributed by atoms with Crippen LogP contribution in [0.3, 0.4) is 0 Å². The zero-order chi connectivity index (χ0) is 25.3. The second-order valence-electron chi connectivity index (χ2n) is 9.30. The molecule has 0 unspecified atom stereocenters. The van der Waals surface area contributed by atoms with Crippen LogP contribution in [-0.4, -0.2) is 39.0 Å². The molecule has 0 bridgehead atoms. The Hall–Kier alpha value is -3.41. The van der Waals surface area contributed by atoms with Crippen molar-refractivity contribution in [1.82, 2.24) is 24.3 Å². The van der Waals surface area contributed by atoms with Gasteiger partial charge in [0.2, 0.25) is 0 Å². The smallest absolute Gasteiger partial charge is 0.355 e. The van der Waals surface area contributed by atoms with Gasteiger partial charge in [0, 0.05) is 36.8 Å². The van der Waals surface area contributed by atoms with Gasteiger partial charge in [-0.2, -0.15) is 13.2 Å². The zero-order valence-electron chi connectivity index (χ0n) is 19.1. The number of rotatable bonds is 4. The number of aromatic amines is 1. The summed E-state index contributed by atoms with van der Waals surface area (Å²) in [7, 11) is -2.18. The minimum Gasteiger partial charge on any atom is -0.355 e. The van der Waals surface area contributed by atoms with Crippen LogP contribution in [0.4, 0.5) is 13.2 Å². The number of alkyl halides is 3. The SMILES string of the molecule is Cn1cnnc1[C@]1(c2cccc(-n3cc(C(F)(F)F)c4c(S(C)(=O)=O)c[nH]c4c3=O)c2)C[C@H](C)C1. The summed E-state index contributed by atoms with van der Waals surface area (Å²) in [5.41, 5.74) is -1.85. The molecule has 4 aromatic rings. The zero-order valence-corrected chi connectivity index (χ0v) is 19.9. The van der Waals surface area contributed by atoms with Crippen molar-refractivity contribution in [3.05, 3.63) is 70.3 Å². The van der Waals surface area contributed by atoms with Gasteiger partial charge in [0.1, 0.15) is 17.7 Å². The van der Waals surface area contributed by atoms with E-state index in [1.54, 1.807) is 24.5 Å². The van der Waals surface area contributed by atoms with Gasteiger partial charge in [-0.05, 0) is 36.5 Å². The molecule has 8 nitrogen and oxygen atoms in total. The fourth-order valence-electron chi connectivity index (χ4n) is 5.26. The molecule has 5 rings (SSSR count). The van der Waals surface area contributed by atoms with Crippen LogP contribution in [-0.2, 0) is 28.5 Å². The molecule has 0 radical (unpaired) electrons. The minimum atomic E-state index is -4.89. The van der Waals surface area contributed by atoms with Crippen LogP contribution in [0.2, 0.25) is 0 Å². The molecule has 0 aliphatic heterocycles. The monoisotopic (exact) mass is 505 g/mol. The molecule has 3 heterocycles. The molecule has 12 heteroatoms. The highest BCUT2D eigenvalue weighted by atomic mass is 32.2. The van der Waals surface area contributed by atoms with Crippen LogP contribution in [0.25, 0.3) is 16.6 Å². The minimum absolute atomic E-state index is 0.233. The maximum atomic E-state index is 14.1. The molecule has 1 saturated carbocycles. The molecule has 0 saturated heterocycles. The van der Waals surface area contributed by atoms with Crippen molar-refractivity contribution in [3.8, 4) is 5.69 Å². The number of halogens is 3. The number of H-pyrrole nitrogens is 1. The van der Waals surface area contributed by atoms with Gasteiger partial charge in [0.15, 0.2) is 9.84 Å². The van der Waals surface area contributed by atoms with Crippen LogP contribution >= 0.6 is 0 Å². The molecular formula is C23H22F3N5O3S. The number of sulfone groups is 1. The van der Waals surface area contributed by atoms with Crippen molar-refractivity contribution in [2.45, 2.75) is 36.3 Å². The largest absolute Gasteiger partial charge is 0.418 e. The maximum absolute atomic E-state index is 14.1. The normalized spacial score (nSPS) is 20.8. The summed E-state index contributed by atoms with van der Waals surface area (Å²) in [5, 5.41) is 7.62. The number of fused-ring (bicyclic) bond motifs is 1. The molecule has 35 heavy (non-hydrogen) atoms. The van der Waals surface area contributed by atoms with E-state index < -0.39 is 48.3 Å². The van der Waals surface area contributed by atoms with Gasteiger partial charge in [-0.15, -0.1) is 10.2 Å². The van der Waals surface area contributed by atoms with E-state index in [2.05, 4.69) is 22.1 Å². The number of nitrogens with zero attached hydrogens (tertiary/aromatic N) is 4. The first-order valence-corrected chi connectivity index (χ1v) is 12.7. The summed E-state index contributed by atoms with van der Waals surface area (Å²) in [6.07, 6.45) is 0.661. The molecular weight excluding hydrogens is 483 g/mol. The Kier molecular flexibility index (Phi) is 5.03. The molecule has 1 aliphatic carbocycles. The molecule has 0 amide bonds. The first-order valence-electron chi connectivity index (χ1n) is 10.8. The van der Waals surface area contributed by atoms with E-state index in [1.807, 2.05) is 17.7 Å². The van der Waals surface area contributed by atoms with E-state index in [0.29, 0.717) is 12.1 Å². The standard InChI is InChI=1S/C23H22F3N5O3S/c1-13-8-22(9-13,21-29-28-12-30(21)2)14-5-4-6-15(7-14)31-11-16(23(24,25)26)18-17(35(3,33)34)10-27-19(18)20(31)32/h4-7,10-13,27H,8-9H2,1-3H3/t13-,22+. The lowest BCUT2D eigenvalue weighted by molar-refractivity contribution is -0.136. The maximum Gasteiger partial charge on any atom is 0.418 e. The third-order valence-corrected chi connectivity index (χ3v) is 7.84. The highest BCUT2D eigenvalue weighted by Gasteiger charge is 2.48. The summed E-state index contributed by atoms with van der Waals surface area (Å²) in [5.74, 6) is 1.16. The van der Waals surface area contributed by atoms with Gasteiger partial charge in [0.25, 0.3) is 5.56 Å². The van der Waals surface area contributed by atoms with Gasteiger partial charge in [0.05, 0.1) is 15.9 Å². The van der Waals surface area contributed by atoms with Gasteiger partial charge in [-0.1, -0.05) is 19.1 Å². The first-order chi connectivity index (χ1) is 16.3. The van der Waals surface area contributed by atoms with Crippen LogP contribution in [0.1, 0.15) is 36.7 Å². The number of nitrogens with one attached hydrogen (secondary N) is 1. The van der Waals surface area contributed by atoms with E-state index in [9.17, 15) is 26.4 Å². The molecule has 3 aromatic heterocycles. The summed E-state index contributed by atoms with van der Waals surface area (Å²) in [6.45, 7) is 2.11. The lowest BCUT2D eigenvalue weighted by Gasteiger charge is -2.46. The second kappa shape index (κ2) is 7.54. The van der Waals surface area contributed by atoms with Crippen LogP contribution < -0.4 is 5.56 Å². The Balaban J connectivity index is 1.75. The Bertz CT molecular complexity index is 1630. The summed E-state index contributed by atoms with van der Waals surface area (Å²) in [4.78, 5) is 15.2. The van der Waals surface area contributed by atoms with Crippen molar-refractivity contribution in [1.29, 1.82) is 0 Å². The first kappa shape index (κ1) is 23.3. The Morgan fingerprint density at radius 1 is 1.23 bits per heavy atom. The molecule has 0 spiro atoms. The molecule has 1 N–H and O–H groups in total. The fourth-order valence-corrected chi connectivity index (χ4v) is 6.12. The van der Waals surface area contributed by atoms with Crippen LogP contribution in [0.5, 0.6) is 0 Å². The number of benzene rings is 1. The number of pyridine rings is 1. The lowest BCUT2D eigenvalue weighted by Crippen LogP contribution is -2.43. The fraction of sp³-hybridized carbons (Fsp3) is 0.348. The average molecular weight is 506 g/mol. The summed E-state index contributed by atoms with van der Waals surface area (Å²) >= 11 is 0. The number of hydrogen-bond donors (Lipinski definition) is 1. The molecule has 1 aliphatic rings. The summed E-state index contributed by atoms with van der Waals surface area (Å²) < 4.78 is 69.1. The highest BCUT2D eigenvalue weighted by molar-refractivity contribution is 7.91. The Morgan fingerprint density at radius 3 is 2.51 bits per heavy atom. The number of aromatic nitrogens is 5. The second-order valence-corrected chi connectivity index (χ2v) is 11.3. The lowest BCUT2D eigenvalue weighted by atomic mass is 9.58. The van der Waals surface area contributed by atoms with Crippen LogP contribution in [0, 0.1) is 5.92 Å². The van der Waals surface area contributed by atoms with Gasteiger partial charge >= 0.3 is 6.18 Å². The molecule has 1 fully saturated rings. The van der Waals surface area contributed by atoms with Crippen molar-refractivity contribution in [2.75, 3.05) is 6.26 Å². The predicted octanol–water partition coefficient (Wildman–Crippen LogP) is 3.59. The predicted molar refractivity (Wildman–Crippen MR) is 122 cm³/mol. The van der Waals surface area contributed by atoms with Crippen molar-refractivity contribution >= 4 is 20.7 Å². The number of aryl methyl sites for hydroxylation is 1. The van der Waals surface area contributed by atoms with Gasteiger partial charge in [-0.25, -0.2) is 8.42 Å². The van der Waals surface area contributed by atoms with E-state index in [-0.39, 0.29) is 5.69 Å². The van der Waals surface area contributed by atoms with E-state index >= 15 is 0 Å². The van der Waals surface area contributed by atoms with Crippen molar-refractivity contribution < 1.29 is 21.6 Å². The number of hydrogen-bond acceptors (Lipinski definition) is 5. The van der Waals surface area contributed by atoms with E-state index in [4.69, 9.17) is 0 Å². The van der Waals surface area contributed by atoms with Crippen LogP contribution in [0.15, 0.2) is 52.7 Å². The summed E-state index contributed by atoms with van der Waals surface area (Å²) in [6, 6.07) is 6.79. The quantitative estimate of drug-likeness (QED) is 0.457. The van der Waals surface area contributed by atoms with Crippen molar-refractivity contribution in [3.63, 3.8) is 0 Å². The topological polar surface area (TPSA) is 103 Å². The molecule has 184 valence electrons. The Morgan fingerprint density at radius 2 is 1.94 bits per heavy atom. The third-order valence-electron chi connectivity index (χ3n) is 6.72. The van der Waals surface area contributed by atoms with E-state index in [0.717, 1.165) is 41.2 Å². The van der Waals surface area contributed by atoms with Crippen molar-refractivity contribution in [2.24, 2.45) is 13.0 Å². The third kappa shape index (κ3) is 3.58. The Labute approximate surface area is 198 Å². The highest BCUT2D eigenvalue weighted by Crippen LogP contribution is 2.51. The average Bonchev–Trinajstić information content (AvgIpc) is 3.38. The van der Waals surface area contributed by atoms with Gasteiger partial charge in [-0.3, -0.25) is 9.36 Å². The molecule has 0 atom stereocenters. The molecule has 1 aromatic carbocycles. The van der Waals surface area contributed by atoms with E-state index in [1.165, 1.54) is 0 Å². The van der Waals surface area contributed by atoms with Gasteiger partial charge < -0.3 is 9.55 Å².